The molecule has 0 fully saturated rings. The van der Waals surface area contributed by atoms with E-state index in [1.54, 1.807) is 0 Å². The van der Waals surface area contributed by atoms with E-state index in [-0.39, 0.29) is 13.0 Å². The fourth-order valence-corrected chi connectivity index (χ4v) is 1.73. The molecule has 3 nitrogen and oxygen atoms in total. The van der Waals surface area contributed by atoms with Gasteiger partial charge in [0, 0.05) is 6.07 Å². The first-order chi connectivity index (χ1) is 10.3. The minimum absolute atomic E-state index is 0.102. The van der Waals surface area contributed by atoms with E-state index in [1.165, 1.54) is 6.08 Å². The third-order valence-corrected chi connectivity index (χ3v) is 2.73. The highest BCUT2D eigenvalue weighted by atomic mass is 19.4. The molecule has 0 saturated heterocycles. The lowest BCUT2D eigenvalue weighted by atomic mass is 10.3. The van der Waals surface area contributed by atoms with Crippen molar-refractivity contribution in [3.63, 3.8) is 0 Å². The van der Waals surface area contributed by atoms with Crippen molar-refractivity contribution >= 4 is 0 Å². The topological polar surface area (TPSA) is 27.1 Å². The summed E-state index contributed by atoms with van der Waals surface area (Å²) in [6.45, 7) is 3.32. The Morgan fingerprint density at radius 3 is 2.64 bits per heavy atom. The molecule has 0 unspecified atom stereocenters. The minimum atomic E-state index is -4.73. The molecule has 0 saturated carbocycles. The molecule has 0 bridgehead atoms. The number of halogens is 5. The van der Waals surface area contributed by atoms with Gasteiger partial charge in [-0.15, -0.1) is 6.58 Å². The van der Waals surface area contributed by atoms with Crippen LogP contribution in [0.5, 0.6) is 5.88 Å². The second-order valence-electron chi connectivity index (χ2n) is 4.29. The number of hydrogen-bond donors (Lipinski definition) is 0. The zero-order valence-corrected chi connectivity index (χ0v) is 11.2. The van der Waals surface area contributed by atoms with Crippen molar-refractivity contribution in [2.75, 3.05) is 6.61 Å². The number of nitrogens with zero attached hydrogens (tertiary/aromatic N) is 2. The Morgan fingerprint density at radius 1 is 1.27 bits per heavy atom. The summed E-state index contributed by atoms with van der Waals surface area (Å²) in [7, 11) is 0. The van der Waals surface area contributed by atoms with Crippen molar-refractivity contribution in [2.45, 2.75) is 12.6 Å². The Hall–Kier alpha value is -2.38. The van der Waals surface area contributed by atoms with Crippen LogP contribution in [-0.4, -0.2) is 16.4 Å². The smallest absolute Gasteiger partial charge is 0.423 e. The maximum absolute atomic E-state index is 13.7. The third kappa shape index (κ3) is 3.26. The summed E-state index contributed by atoms with van der Waals surface area (Å²) in [6.07, 6.45) is -2.48. The van der Waals surface area contributed by atoms with Crippen molar-refractivity contribution in [3.8, 4) is 11.6 Å². The van der Waals surface area contributed by atoms with Crippen LogP contribution in [-0.2, 0) is 6.18 Å². The van der Waals surface area contributed by atoms with E-state index in [4.69, 9.17) is 4.74 Å². The first-order valence-electron chi connectivity index (χ1n) is 6.19. The fraction of sp³-hybridized carbons (Fsp3) is 0.214. The van der Waals surface area contributed by atoms with Crippen LogP contribution in [0, 0.1) is 11.6 Å². The minimum Gasteiger partial charge on any atom is -0.477 e. The predicted molar refractivity (Wildman–Crippen MR) is 68.8 cm³/mol. The van der Waals surface area contributed by atoms with Gasteiger partial charge in [0.25, 0.3) is 0 Å². The molecule has 0 aliphatic heterocycles. The molecule has 0 aliphatic rings. The van der Waals surface area contributed by atoms with E-state index >= 15 is 0 Å². The highest BCUT2D eigenvalue weighted by Crippen LogP contribution is 2.37. The van der Waals surface area contributed by atoms with Gasteiger partial charge in [0.15, 0.2) is 0 Å². The number of ether oxygens (including phenoxy) is 1. The van der Waals surface area contributed by atoms with Crippen molar-refractivity contribution in [1.29, 1.82) is 0 Å². The Morgan fingerprint density at radius 2 is 2.00 bits per heavy atom. The van der Waals surface area contributed by atoms with Crippen LogP contribution in [0.3, 0.4) is 0 Å². The average Bonchev–Trinajstić information content (AvgIpc) is 2.85. The first kappa shape index (κ1) is 16.0. The van der Waals surface area contributed by atoms with Gasteiger partial charge in [-0.3, -0.25) is 0 Å². The molecule has 22 heavy (non-hydrogen) atoms. The molecule has 2 rings (SSSR count). The average molecular weight is 318 g/mol. The Labute approximate surface area is 122 Å². The summed E-state index contributed by atoms with van der Waals surface area (Å²) in [5, 5.41) is 3.47. The predicted octanol–water partition coefficient (Wildman–Crippen LogP) is 4.12. The van der Waals surface area contributed by atoms with Crippen LogP contribution in [0.4, 0.5) is 22.0 Å². The molecule has 0 radical (unpaired) electrons. The van der Waals surface area contributed by atoms with Crippen molar-refractivity contribution < 1.29 is 26.7 Å². The molecular weight excluding hydrogens is 307 g/mol. The van der Waals surface area contributed by atoms with Gasteiger partial charge >= 0.3 is 6.18 Å². The summed E-state index contributed by atoms with van der Waals surface area (Å²) in [5.74, 6) is -2.43. The second-order valence-corrected chi connectivity index (χ2v) is 4.29. The molecule has 0 spiro atoms. The summed E-state index contributed by atoms with van der Waals surface area (Å²) < 4.78 is 71.4. The molecule has 118 valence electrons. The Balaban J connectivity index is 2.53. The largest absolute Gasteiger partial charge is 0.477 e. The quantitative estimate of drug-likeness (QED) is 0.471. The van der Waals surface area contributed by atoms with Crippen molar-refractivity contribution in [2.24, 2.45) is 0 Å². The van der Waals surface area contributed by atoms with Crippen molar-refractivity contribution in [3.05, 3.63) is 54.2 Å². The molecule has 0 amide bonds. The monoisotopic (exact) mass is 318 g/mol. The normalized spacial score (nSPS) is 11.5. The SMILES string of the molecule is C=CCCOc1c(C(F)(F)F)cnn1-c1cc(F)ccc1F. The lowest BCUT2D eigenvalue weighted by molar-refractivity contribution is -0.139. The molecule has 0 N–H and O–H groups in total. The van der Waals surface area contributed by atoms with Crippen molar-refractivity contribution in [1.82, 2.24) is 9.78 Å². The van der Waals surface area contributed by atoms with Crippen LogP contribution in [0.15, 0.2) is 37.1 Å². The van der Waals surface area contributed by atoms with Crippen LogP contribution < -0.4 is 4.74 Å². The molecule has 2 aromatic rings. The van der Waals surface area contributed by atoms with Gasteiger partial charge in [-0.25, -0.2) is 8.78 Å². The van der Waals surface area contributed by atoms with Gasteiger partial charge in [-0.2, -0.15) is 23.0 Å². The number of hydrogen-bond acceptors (Lipinski definition) is 2. The van der Waals surface area contributed by atoms with Crippen LogP contribution >= 0.6 is 0 Å². The first-order valence-corrected chi connectivity index (χ1v) is 6.19. The van der Waals surface area contributed by atoms with E-state index < -0.39 is 34.9 Å². The Kier molecular flexibility index (Phi) is 4.48. The van der Waals surface area contributed by atoms with E-state index in [0.29, 0.717) is 10.9 Å². The molecule has 1 aromatic carbocycles. The number of rotatable bonds is 5. The van der Waals surface area contributed by atoms with E-state index in [9.17, 15) is 22.0 Å². The van der Waals surface area contributed by atoms with Crippen LogP contribution in [0.2, 0.25) is 0 Å². The molecule has 1 heterocycles. The van der Waals surface area contributed by atoms with Gasteiger partial charge in [0.2, 0.25) is 5.88 Å². The van der Waals surface area contributed by atoms with Gasteiger partial charge in [-0.05, 0) is 18.6 Å². The second kappa shape index (κ2) is 6.17. The Bertz CT molecular complexity index is 678. The molecule has 1 aromatic heterocycles. The summed E-state index contributed by atoms with van der Waals surface area (Å²) in [6, 6.07) is 2.39. The third-order valence-electron chi connectivity index (χ3n) is 2.73. The molecule has 0 aliphatic carbocycles. The summed E-state index contributed by atoms with van der Waals surface area (Å²) in [5.41, 5.74) is -1.63. The zero-order chi connectivity index (χ0) is 16.3. The summed E-state index contributed by atoms with van der Waals surface area (Å²) in [4.78, 5) is 0. The van der Waals surface area contributed by atoms with Gasteiger partial charge in [0.05, 0.1) is 12.8 Å². The summed E-state index contributed by atoms with van der Waals surface area (Å²) >= 11 is 0. The van der Waals surface area contributed by atoms with Gasteiger partial charge in [0.1, 0.15) is 22.9 Å². The highest BCUT2D eigenvalue weighted by molar-refractivity contribution is 5.40. The molecular formula is C14H11F5N2O. The van der Waals surface area contributed by atoms with Crippen LogP contribution in [0.25, 0.3) is 5.69 Å². The highest BCUT2D eigenvalue weighted by Gasteiger charge is 2.38. The number of aromatic nitrogens is 2. The van der Waals surface area contributed by atoms with Gasteiger partial charge in [-0.1, -0.05) is 6.08 Å². The lowest BCUT2D eigenvalue weighted by Gasteiger charge is -2.12. The molecule has 8 heteroatoms. The van der Waals surface area contributed by atoms with Crippen LogP contribution in [0.1, 0.15) is 12.0 Å². The lowest BCUT2D eigenvalue weighted by Crippen LogP contribution is -2.11. The maximum Gasteiger partial charge on any atom is 0.423 e. The zero-order valence-electron chi connectivity index (χ0n) is 11.2. The standard InChI is InChI=1S/C14H11F5N2O/c1-2-3-6-22-13-10(14(17,18)19)8-20-21(13)12-7-9(15)4-5-11(12)16/h2,4-5,7-8H,1,3,6H2. The number of alkyl halides is 3. The van der Waals surface area contributed by atoms with E-state index in [0.717, 1.165) is 18.2 Å². The number of benzene rings is 1. The van der Waals surface area contributed by atoms with E-state index in [2.05, 4.69) is 11.7 Å². The van der Waals surface area contributed by atoms with E-state index in [1.807, 2.05) is 0 Å². The fourth-order valence-electron chi connectivity index (χ4n) is 1.73. The van der Waals surface area contributed by atoms with Gasteiger partial charge < -0.3 is 4.74 Å². The molecule has 0 atom stereocenters. The maximum atomic E-state index is 13.7.